The Hall–Kier alpha value is -1.48. The highest BCUT2D eigenvalue weighted by molar-refractivity contribution is 6.31. The van der Waals surface area contributed by atoms with E-state index in [1.165, 1.54) is 48.7 Å². The molecule has 132 valence electrons. The van der Waals surface area contributed by atoms with Crippen LogP contribution in [-0.2, 0) is 11.2 Å². The second-order valence-corrected chi connectivity index (χ2v) is 8.54. The van der Waals surface area contributed by atoms with Gasteiger partial charge < -0.3 is 9.88 Å². The van der Waals surface area contributed by atoms with Gasteiger partial charge in [0.25, 0.3) is 0 Å². The monoisotopic (exact) mass is 356 g/mol. The fourth-order valence-electron chi connectivity index (χ4n) is 5.03. The van der Waals surface area contributed by atoms with Crippen molar-refractivity contribution in [3.05, 3.63) is 34.5 Å². The number of hydrogen-bond donors (Lipinski definition) is 1. The Morgan fingerprint density at radius 1 is 1.12 bits per heavy atom. The lowest BCUT2D eigenvalue weighted by Gasteiger charge is -2.39. The van der Waals surface area contributed by atoms with E-state index in [4.69, 9.17) is 11.6 Å². The molecule has 2 aliphatic carbocycles. The molecule has 1 amide bonds. The van der Waals surface area contributed by atoms with Crippen LogP contribution < -0.4 is 0 Å². The zero-order chi connectivity index (χ0) is 17.0. The van der Waals surface area contributed by atoms with Crippen LogP contribution in [0.1, 0.15) is 62.2 Å². The standard InChI is InChI=1S/C21H25ClN2O/c22-15-8-9-16-17-10-11-24(21(25)14-4-2-1-3-5-14)20(13-6-7-13)19(17)23-18(16)12-15/h8-9,12-14,20,23H,1-7,10-11H2. The molecule has 1 aliphatic heterocycles. The minimum absolute atomic E-state index is 0.254. The summed E-state index contributed by atoms with van der Waals surface area (Å²) < 4.78 is 0. The largest absolute Gasteiger partial charge is 0.356 e. The minimum atomic E-state index is 0.254. The number of halogens is 1. The average molecular weight is 357 g/mol. The second-order valence-electron chi connectivity index (χ2n) is 8.11. The number of nitrogens with zero attached hydrogens (tertiary/aromatic N) is 1. The molecule has 3 nitrogen and oxygen atoms in total. The molecular formula is C21H25ClN2O. The Labute approximate surface area is 153 Å². The molecule has 1 aromatic heterocycles. The summed E-state index contributed by atoms with van der Waals surface area (Å²) in [5.41, 5.74) is 3.82. The molecule has 2 heterocycles. The first-order valence-electron chi connectivity index (χ1n) is 9.83. The molecular weight excluding hydrogens is 332 g/mol. The SMILES string of the molecule is O=C(C1CCCCC1)N1CCc2c([nH]c3cc(Cl)ccc23)C1C1CC1. The van der Waals surface area contributed by atoms with Crippen molar-refractivity contribution < 1.29 is 4.79 Å². The van der Waals surface area contributed by atoms with E-state index in [2.05, 4.69) is 16.0 Å². The molecule has 4 heteroatoms. The molecule has 1 atom stereocenters. The van der Waals surface area contributed by atoms with E-state index >= 15 is 0 Å². The van der Waals surface area contributed by atoms with Crippen molar-refractivity contribution >= 4 is 28.4 Å². The highest BCUT2D eigenvalue weighted by atomic mass is 35.5. The first kappa shape index (κ1) is 15.7. The predicted molar refractivity (Wildman–Crippen MR) is 101 cm³/mol. The summed E-state index contributed by atoms with van der Waals surface area (Å²) in [6, 6.07) is 6.38. The molecule has 2 fully saturated rings. The molecule has 0 spiro atoms. The van der Waals surface area contributed by atoms with Crippen LogP contribution in [0, 0.1) is 11.8 Å². The summed E-state index contributed by atoms with van der Waals surface area (Å²) in [6.07, 6.45) is 9.34. The summed E-state index contributed by atoms with van der Waals surface area (Å²) in [4.78, 5) is 19.1. The number of aromatic amines is 1. The van der Waals surface area contributed by atoms with Gasteiger partial charge in [-0.2, -0.15) is 0 Å². The van der Waals surface area contributed by atoms with Crippen LogP contribution >= 0.6 is 11.6 Å². The van der Waals surface area contributed by atoms with Gasteiger partial charge in [0.1, 0.15) is 0 Å². The zero-order valence-corrected chi connectivity index (χ0v) is 15.3. The molecule has 5 rings (SSSR count). The summed E-state index contributed by atoms with van der Waals surface area (Å²) in [5.74, 6) is 1.31. The number of fused-ring (bicyclic) bond motifs is 3. The van der Waals surface area contributed by atoms with Gasteiger partial charge in [-0.05, 0) is 55.7 Å². The van der Waals surface area contributed by atoms with Gasteiger partial charge in [-0.1, -0.05) is 36.9 Å². The third-order valence-electron chi connectivity index (χ3n) is 6.44. The number of aromatic nitrogens is 1. The van der Waals surface area contributed by atoms with E-state index in [0.717, 1.165) is 36.3 Å². The lowest BCUT2D eigenvalue weighted by Crippen LogP contribution is -2.44. The van der Waals surface area contributed by atoms with Crippen LogP contribution in [-0.4, -0.2) is 22.3 Å². The molecule has 1 N–H and O–H groups in total. The van der Waals surface area contributed by atoms with E-state index < -0.39 is 0 Å². The number of benzene rings is 1. The van der Waals surface area contributed by atoms with Crippen molar-refractivity contribution in [3.63, 3.8) is 0 Å². The van der Waals surface area contributed by atoms with Gasteiger partial charge in [0.15, 0.2) is 0 Å². The molecule has 1 unspecified atom stereocenters. The van der Waals surface area contributed by atoms with E-state index in [9.17, 15) is 4.79 Å². The van der Waals surface area contributed by atoms with E-state index in [-0.39, 0.29) is 12.0 Å². The maximum absolute atomic E-state index is 13.3. The van der Waals surface area contributed by atoms with Crippen LogP contribution in [0.25, 0.3) is 10.9 Å². The molecule has 0 bridgehead atoms. The third kappa shape index (κ3) is 2.68. The molecule has 25 heavy (non-hydrogen) atoms. The number of carbonyl (C=O) groups excluding carboxylic acids is 1. The minimum Gasteiger partial charge on any atom is -0.356 e. The van der Waals surface area contributed by atoms with Crippen molar-refractivity contribution in [2.75, 3.05) is 6.54 Å². The van der Waals surface area contributed by atoms with Crippen molar-refractivity contribution in [2.45, 2.75) is 57.4 Å². The van der Waals surface area contributed by atoms with Gasteiger partial charge in [0.05, 0.1) is 6.04 Å². The average Bonchev–Trinajstić information content (AvgIpc) is 3.41. The molecule has 3 aliphatic rings. The highest BCUT2D eigenvalue weighted by Gasteiger charge is 2.44. The lowest BCUT2D eigenvalue weighted by molar-refractivity contribution is -0.140. The summed E-state index contributed by atoms with van der Waals surface area (Å²) >= 11 is 6.19. The summed E-state index contributed by atoms with van der Waals surface area (Å²) in [7, 11) is 0. The van der Waals surface area contributed by atoms with E-state index in [1.807, 2.05) is 12.1 Å². The molecule has 2 saturated carbocycles. The summed E-state index contributed by atoms with van der Waals surface area (Å²) in [5, 5.41) is 2.05. The van der Waals surface area contributed by atoms with Crippen LogP contribution in [0.3, 0.4) is 0 Å². The van der Waals surface area contributed by atoms with Gasteiger partial charge in [0.2, 0.25) is 5.91 Å². The summed E-state index contributed by atoms with van der Waals surface area (Å²) in [6.45, 7) is 0.874. The normalized spacial score (nSPS) is 24.5. The molecule has 2 aromatic rings. The van der Waals surface area contributed by atoms with E-state index in [1.54, 1.807) is 0 Å². The first-order valence-corrected chi connectivity index (χ1v) is 10.2. The van der Waals surface area contributed by atoms with Crippen molar-refractivity contribution in [1.82, 2.24) is 9.88 Å². The van der Waals surface area contributed by atoms with Gasteiger partial charge in [-0.15, -0.1) is 0 Å². The topological polar surface area (TPSA) is 36.1 Å². The number of rotatable bonds is 2. The Bertz CT molecular complexity index is 817. The molecule has 1 aromatic carbocycles. The number of hydrogen-bond acceptors (Lipinski definition) is 1. The maximum atomic E-state index is 13.3. The fourth-order valence-corrected chi connectivity index (χ4v) is 5.20. The van der Waals surface area contributed by atoms with Gasteiger partial charge in [-0.3, -0.25) is 4.79 Å². The Morgan fingerprint density at radius 2 is 1.92 bits per heavy atom. The van der Waals surface area contributed by atoms with Gasteiger partial charge in [-0.25, -0.2) is 0 Å². The first-order chi connectivity index (χ1) is 12.2. The van der Waals surface area contributed by atoms with Crippen molar-refractivity contribution in [1.29, 1.82) is 0 Å². The number of H-pyrrole nitrogens is 1. The second kappa shape index (κ2) is 6.05. The Balaban J connectivity index is 1.53. The Morgan fingerprint density at radius 3 is 2.68 bits per heavy atom. The Kier molecular flexibility index (Phi) is 3.81. The van der Waals surface area contributed by atoms with E-state index in [0.29, 0.717) is 11.8 Å². The quantitative estimate of drug-likeness (QED) is 0.785. The molecule has 0 saturated heterocycles. The highest BCUT2D eigenvalue weighted by Crippen LogP contribution is 2.49. The smallest absolute Gasteiger partial charge is 0.226 e. The van der Waals surface area contributed by atoms with Crippen LogP contribution in [0.5, 0.6) is 0 Å². The van der Waals surface area contributed by atoms with Crippen molar-refractivity contribution in [2.24, 2.45) is 11.8 Å². The maximum Gasteiger partial charge on any atom is 0.226 e. The zero-order valence-electron chi connectivity index (χ0n) is 14.6. The predicted octanol–water partition coefficient (Wildman–Crippen LogP) is 5.24. The van der Waals surface area contributed by atoms with Crippen LogP contribution in [0.4, 0.5) is 0 Å². The fraction of sp³-hybridized carbons (Fsp3) is 0.571. The molecule has 0 radical (unpaired) electrons. The van der Waals surface area contributed by atoms with Crippen LogP contribution in [0.15, 0.2) is 18.2 Å². The lowest BCUT2D eigenvalue weighted by atomic mass is 9.86. The number of amides is 1. The van der Waals surface area contributed by atoms with Crippen molar-refractivity contribution in [3.8, 4) is 0 Å². The van der Waals surface area contributed by atoms with Crippen LogP contribution in [0.2, 0.25) is 5.02 Å². The number of nitrogens with one attached hydrogen (secondary N) is 1. The van der Waals surface area contributed by atoms with Gasteiger partial charge in [0, 0.05) is 34.1 Å². The van der Waals surface area contributed by atoms with Gasteiger partial charge >= 0.3 is 0 Å². The third-order valence-corrected chi connectivity index (χ3v) is 6.68. The number of carbonyl (C=O) groups is 1.